The summed E-state index contributed by atoms with van der Waals surface area (Å²) in [6, 6.07) is 9.09. The minimum absolute atomic E-state index is 0.154. The third-order valence-electron chi connectivity index (χ3n) is 2.73. The van der Waals surface area contributed by atoms with E-state index < -0.39 is 5.82 Å². The first-order chi connectivity index (χ1) is 8.50. The lowest BCUT2D eigenvalue weighted by Crippen LogP contribution is -2.04. The quantitative estimate of drug-likeness (QED) is 0.664. The molecule has 0 aromatic heterocycles. The van der Waals surface area contributed by atoms with Gasteiger partial charge >= 0.3 is 0 Å². The van der Waals surface area contributed by atoms with Gasteiger partial charge in [0, 0.05) is 16.8 Å². The molecule has 2 aromatic carbocycles. The van der Waals surface area contributed by atoms with Crippen molar-refractivity contribution in [3.63, 3.8) is 0 Å². The molecule has 92 valence electrons. The van der Waals surface area contributed by atoms with Gasteiger partial charge in [0.1, 0.15) is 5.82 Å². The number of benzene rings is 2. The van der Waals surface area contributed by atoms with Crippen molar-refractivity contribution in [2.45, 2.75) is 6.92 Å². The van der Waals surface area contributed by atoms with Crippen molar-refractivity contribution in [2.75, 3.05) is 5.73 Å². The average Bonchev–Trinajstić information content (AvgIpc) is 2.35. The highest BCUT2D eigenvalue weighted by Crippen LogP contribution is 2.23. The van der Waals surface area contributed by atoms with Gasteiger partial charge in [-0.2, -0.15) is 0 Å². The molecule has 0 fully saturated rings. The molecule has 0 aliphatic heterocycles. The van der Waals surface area contributed by atoms with Crippen molar-refractivity contribution in [2.24, 2.45) is 0 Å². The lowest BCUT2D eigenvalue weighted by atomic mass is 10.0. The largest absolute Gasteiger partial charge is 0.399 e. The number of nitrogens with two attached hydrogens (primary N) is 1. The van der Waals surface area contributed by atoms with Crippen LogP contribution < -0.4 is 5.73 Å². The van der Waals surface area contributed by atoms with Gasteiger partial charge in [0.2, 0.25) is 0 Å². The molecule has 2 rings (SSSR count). The molecule has 18 heavy (non-hydrogen) atoms. The van der Waals surface area contributed by atoms with Gasteiger partial charge in [0.25, 0.3) is 0 Å². The van der Waals surface area contributed by atoms with E-state index in [9.17, 15) is 9.18 Å². The predicted octanol–water partition coefficient (Wildman–Crippen LogP) is 3.60. The van der Waals surface area contributed by atoms with Crippen molar-refractivity contribution in [3.05, 3.63) is 63.9 Å². The van der Waals surface area contributed by atoms with E-state index in [1.54, 1.807) is 25.1 Å². The minimum atomic E-state index is -0.602. The Bertz CT molecular complexity index is 625. The lowest BCUT2D eigenvalue weighted by Gasteiger charge is -2.06. The van der Waals surface area contributed by atoms with Crippen LogP contribution in [0.5, 0.6) is 0 Å². The number of ketones is 1. The number of carbonyl (C=O) groups is 1. The number of aryl methyl sites for hydroxylation is 1. The number of anilines is 1. The molecule has 4 heteroatoms. The lowest BCUT2D eigenvalue weighted by molar-refractivity contribution is 0.103. The number of hydrogen-bond donors (Lipinski definition) is 1. The van der Waals surface area contributed by atoms with Gasteiger partial charge in [-0.25, -0.2) is 4.39 Å². The van der Waals surface area contributed by atoms with Gasteiger partial charge in [0.05, 0.1) is 5.02 Å². The van der Waals surface area contributed by atoms with Gasteiger partial charge in [-0.05, 0) is 42.8 Å². The van der Waals surface area contributed by atoms with Crippen molar-refractivity contribution in [1.29, 1.82) is 0 Å². The van der Waals surface area contributed by atoms with E-state index in [0.29, 0.717) is 11.3 Å². The molecule has 2 N–H and O–H groups in total. The van der Waals surface area contributed by atoms with Crippen LogP contribution in [-0.4, -0.2) is 5.78 Å². The van der Waals surface area contributed by atoms with E-state index in [2.05, 4.69) is 0 Å². The van der Waals surface area contributed by atoms with Crippen LogP contribution in [0.15, 0.2) is 36.4 Å². The highest BCUT2D eigenvalue weighted by molar-refractivity contribution is 6.35. The van der Waals surface area contributed by atoms with Crippen LogP contribution >= 0.6 is 11.6 Å². The second-order valence-electron chi connectivity index (χ2n) is 4.00. The monoisotopic (exact) mass is 263 g/mol. The van der Waals surface area contributed by atoms with Gasteiger partial charge in [-0.1, -0.05) is 17.7 Å². The summed E-state index contributed by atoms with van der Waals surface area (Å²) >= 11 is 5.79. The van der Waals surface area contributed by atoms with Crippen LogP contribution in [0.2, 0.25) is 5.02 Å². The van der Waals surface area contributed by atoms with Crippen molar-refractivity contribution >= 4 is 23.1 Å². The Morgan fingerprint density at radius 3 is 2.67 bits per heavy atom. The van der Waals surface area contributed by atoms with E-state index in [0.717, 1.165) is 5.56 Å². The fraction of sp³-hybridized carbons (Fsp3) is 0.0714. The van der Waals surface area contributed by atoms with Crippen molar-refractivity contribution in [3.8, 4) is 0 Å². The van der Waals surface area contributed by atoms with Gasteiger partial charge in [0.15, 0.2) is 5.78 Å². The van der Waals surface area contributed by atoms with Crippen LogP contribution in [0.4, 0.5) is 10.1 Å². The zero-order valence-electron chi connectivity index (χ0n) is 9.71. The normalized spacial score (nSPS) is 10.4. The van der Waals surface area contributed by atoms with E-state index in [1.165, 1.54) is 18.2 Å². The Hall–Kier alpha value is -1.87. The predicted molar refractivity (Wildman–Crippen MR) is 70.4 cm³/mol. The summed E-state index contributed by atoms with van der Waals surface area (Å²) < 4.78 is 13.3. The standard InChI is InChI=1S/C14H11ClFNO/c1-8-7-9(5-6-12(8)17)14(18)10-3-2-4-11(16)13(10)15/h2-7H,17H2,1H3. The van der Waals surface area contributed by atoms with Gasteiger partial charge in [-0.15, -0.1) is 0 Å². The smallest absolute Gasteiger partial charge is 0.194 e. The highest BCUT2D eigenvalue weighted by atomic mass is 35.5. The maximum Gasteiger partial charge on any atom is 0.194 e. The molecule has 0 saturated carbocycles. The molecule has 0 unspecified atom stereocenters. The van der Waals surface area contributed by atoms with Crippen LogP contribution in [0.3, 0.4) is 0 Å². The Morgan fingerprint density at radius 2 is 2.00 bits per heavy atom. The van der Waals surface area contributed by atoms with Crippen LogP contribution in [0.25, 0.3) is 0 Å². The average molecular weight is 264 g/mol. The van der Waals surface area contributed by atoms with Crippen LogP contribution in [0.1, 0.15) is 21.5 Å². The van der Waals surface area contributed by atoms with Gasteiger partial charge < -0.3 is 5.73 Å². The summed E-state index contributed by atoms with van der Waals surface area (Å²) in [4.78, 5) is 12.2. The van der Waals surface area contributed by atoms with Crippen molar-refractivity contribution in [1.82, 2.24) is 0 Å². The topological polar surface area (TPSA) is 43.1 Å². The molecule has 0 aliphatic rings. The number of nitrogen functional groups attached to an aromatic ring is 1. The maximum absolute atomic E-state index is 13.3. The van der Waals surface area contributed by atoms with E-state index in [-0.39, 0.29) is 16.4 Å². The number of hydrogen-bond acceptors (Lipinski definition) is 2. The first-order valence-corrected chi connectivity index (χ1v) is 5.73. The molecule has 0 heterocycles. The molecule has 0 bridgehead atoms. The Balaban J connectivity index is 2.48. The number of carbonyl (C=O) groups excluding carboxylic acids is 1. The molecule has 0 atom stereocenters. The summed E-state index contributed by atoms with van der Waals surface area (Å²) in [5.41, 5.74) is 7.68. The first-order valence-electron chi connectivity index (χ1n) is 5.35. The Labute approximate surface area is 109 Å². The fourth-order valence-electron chi connectivity index (χ4n) is 1.65. The second kappa shape index (κ2) is 4.78. The molecule has 2 nitrogen and oxygen atoms in total. The SMILES string of the molecule is Cc1cc(C(=O)c2cccc(F)c2Cl)ccc1N. The first kappa shape index (κ1) is 12.6. The van der Waals surface area contributed by atoms with E-state index in [1.807, 2.05) is 0 Å². The van der Waals surface area contributed by atoms with Crippen LogP contribution in [0, 0.1) is 12.7 Å². The molecule has 2 aromatic rings. The molecule has 0 saturated heterocycles. The Morgan fingerprint density at radius 1 is 1.28 bits per heavy atom. The molecule has 0 amide bonds. The summed E-state index contributed by atoms with van der Waals surface area (Å²) in [6.07, 6.45) is 0. The third-order valence-corrected chi connectivity index (χ3v) is 3.11. The number of rotatable bonds is 2. The summed E-state index contributed by atoms with van der Waals surface area (Å²) in [6.45, 7) is 1.80. The molecule has 0 radical (unpaired) electrons. The second-order valence-corrected chi connectivity index (χ2v) is 4.38. The highest BCUT2D eigenvalue weighted by Gasteiger charge is 2.15. The maximum atomic E-state index is 13.3. The molecule has 0 spiro atoms. The fourth-order valence-corrected chi connectivity index (χ4v) is 1.86. The van der Waals surface area contributed by atoms with E-state index >= 15 is 0 Å². The van der Waals surface area contributed by atoms with Gasteiger partial charge in [-0.3, -0.25) is 4.79 Å². The summed E-state index contributed by atoms with van der Waals surface area (Å²) in [5, 5.41) is -0.156. The summed E-state index contributed by atoms with van der Waals surface area (Å²) in [5.74, 6) is -0.919. The number of halogens is 2. The molecular weight excluding hydrogens is 253 g/mol. The van der Waals surface area contributed by atoms with E-state index in [4.69, 9.17) is 17.3 Å². The van der Waals surface area contributed by atoms with Crippen LogP contribution in [-0.2, 0) is 0 Å². The third kappa shape index (κ3) is 2.22. The zero-order valence-corrected chi connectivity index (χ0v) is 10.5. The Kier molecular flexibility index (Phi) is 3.34. The van der Waals surface area contributed by atoms with Crippen molar-refractivity contribution < 1.29 is 9.18 Å². The molecule has 0 aliphatic carbocycles. The zero-order chi connectivity index (χ0) is 13.3. The minimum Gasteiger partial charge on any atom is -0.399 e. The summed E-state index contributed by atoms with van der Waals surface area (Å²) in [7, 11) is 0. The molecular formula is C14H11ClFNO.